The van der Waals surface area contributed by atoms with Crippen LogP contribution in [0.2, 0.25) is 0 Å². The van der Waals surface area contributed by atoms with Crippen molar-refractivity contribution >= 4 is 22.0 Å². The molecule has 0 heterocycles. The number of unbranched alkanes of at least 4 members (excludes halogenated alkanes) is 1. The number of amides is 1. The van der Waals surface area contributed by atoms with Crippen LogP contribution in [0.25, 0.3) is 0 Å². The third kappa shape index (κ3) is 13.1. The van der Waals surface area contributed by atoms with Gasteiger partial charge in [0.05, 0.1) is 5.75 Å². The smallest absolute Gasteiger partial charge is 0.306 e. The highest BCUT2D eigenvalue weighted by Gasteiger charge is 2.60. The molecule has 0 saturated heterocycles. The van der Waals surface area contributed by atoms with E-state index in [-0.39, 0.29) is 24.5 Å². The molecule has 9 unspecified atom stereocenters. The zero-order chi connectivity index (χ0) is 39.0. The average Bonchev–Trinajstić information content (AvgIpc) is 3.49. The second kappa shape index (κ2) is 21.7. The molecule has 4 aliphatic rings. The summed E-state index contributed by atoms with van der Waals surface area (Å²) in [6.07, 6.45) is 41.3. The first kappa shape index (κ1) is 44.3. The van der Waals surface area contributed by atoms with Gasteiger partial charge in [-0.3, -0.25) is 14.1 Å². The van der Waals surface area contributed by atoms with Gasteiger partial charge in [0.25, 0.3) is 10.1 Å². The Hall–Kier alpha value is -2.45. The fourth-order valence-corrected chi connectivity index (χ4v) is 11.6. The van der Waals surface area contributed by atoms with E-state index in [4.69, 9.17) is 9.29 Å². The summed E-state index contributed by atoms with van der Waals surface area (Å²) >= 11 is 0. The maximum atomic E-state index is 12.8. The van der Waals surface area contributed by atoms with Gasteiger partial charge in [0, 0.05) is 19.4 Å². The molecule has 4 fully saturated rings. The van der Waals surface area contributed by atoms with Crippen LogP contribution in [-0.4, -0.2) is 43.2 Å². The van der Waals surface area contributed by atoms with Gasteiger partial charge in [0.1, 0.15) is 6.10 Å². The topological polar surface area (TPSA) is 110 Å². The lowest BCUT2D eigenvalue weighted by Gasteiger charge is -2.61. The minimum Gasteiger partial charge on any atom is -0.462 e. The first-order chi connectivity index (χ1) is 25.9. The van der Waals surface area contributed by atoms with E-state index in [0.717, 1.165) is 88.4 Å². The molecule has 0 aromatic rings. The average molecular weight is 768 g/mol. The quantitative estimate of drug-likeness (QED) is 0.0521. The van der Waals surface area contributed by atoms with Crippen molar-refractivity contribution in [3.8, 4) is 0 Å². The van der Waals surface area contributed by atoms with Crippen LogP contribution >= 0.6 is 0 Å². The third-order valence-corrected chi connectivity index (χ3v) is 14.8. The number of allylic oxidation sites excluding steroid dienone is 10. The van der Waals surface area contributed by atoms with Crippen molar-refractivity contribution in [2.75, 3.05) is 12.3 Å². The molecule has 0 aromatic heterocycles. The summed E-state index contributed by atoms with van der Waals surface area (Å²) in [5.74, 6) is 3.32. The van der Waals surface area contributed by atoms with Gasteiger partial charge >= 0.3 is 5.97 Å². The highest BCUT2D eigenvalue weighted by atomic mass is 32.2. The molecule has 2 N–H and O–H groups in total. The Balaban J connectivity index is 1.12. The van der Waals surface area contributed by atoms with Gasteiger partial charge in [-0.2, -0.15) is 8.42 Å². The monoisotopic (exact) mass is 768 g/mol. The van der Waals surface area contributed by atoms with Crippen molar-refractivity contribution in [3.63, 3.8) is 0 Å². The molecule has 9 atom stereocenters. The summed E-state index contributed by atoms with van der Waals surface area (Å²) in [5.41, 5.74) is 0.639. The molecular weight excluding hydrogens is 695 g/mol. The molecule has 1 amide bonds. The molecular formula is C46H73NO6S. The lowest BCUT2D eigenvalue weighted by Crippen LogP contribution is -2.54. The Bertz CT molecular complexity index is 1450. The summed E-state index contributed by atoms with van der Waals surface area (Å²) in [7, 11) is -4.07. The molecule has 7 nitrogen and oxygen atoms in total. The fraction of sp³-hybridized carbons (Fsp3) is 0.739. The number of hydrogen-bond acceptors (Lipinski definition) is 5. The molecule has 0 radical (unpaired) electrons. The molecule has 4 saturated carbocycles. The number of rotatable bonds is 21. The van der Waals surface area contributed by atoms with Crippen LogP contribution in [0.5, 0.6) is 0 Å². The zero-order valence-corrected chi connectivity index (χ0v) is 34.9. The lowest BCUT2D eigenvalue weighted by atomic mass is 9.44. The SMILES string of the molecule is CC/C=C\C/C=C\C/C=C\C/C=C\C/C=C\CCCC(=O)OC1CCC2(C)C(CCC3C2CCC2(C)C(C(C)CCC(=O)NCCS(=O)(=O)O)CCC32)C1. The standard InChI is InChI=1S/C46H73NO6S/c1-5-6-7-8-9-10-11-12-13-14-15-16-17-18-19-20-21-22-44(49)53-38-29-31-45(3)37(35-38)24-25-39-41-27-26-40(46(41,4)32-30-42(39)45)36(2)23-28-43(48)47-33-34-54(50,51)52/h6-7,9-10,12-13,15-16,18-19,36-42H,5,8,11,14,17,20-35H2,1-4H3,(H,47,48)(H,50,51,52)/b7-6-,10-9-,13-12-,16-15-,19-18-. The largest absolute Gasteiger partial charge is 0.462 e. The normalized spacial score (nSPS) is 32.0. The number of esters is 1. The van der Waals surface area contributed by atoms with E-state index in [9.17, 15) is 18.0 Å². The van der Waals surface area contributed by atoms with Crippen LogP contribution < -0.4 is 5.32 Å². The van der Waals surface area contributed by atoms with Crippen molar-refractivity contribution in [1.82, 2.24) is 5.32 Å². The van der Waals surface area contributed by atoms with E-state index < -0.39 is 15.9 Å². The Morgan fingerprint density at radius 2 is 1.41 bits per heavy atom. The lowest BCUT2D eigenvalue weighted by molar-refractivity contribution is -0.162. The van der Waals surface area contributed by atoms with Crippen LogP contribution in [0.3, 0.4) is 0 Å². The highest BCUT2D eigenvalue weighted by molar-refractivity contribution is 7.85. The van der Waals surface area contributed by atoms with Crippen molar-refractivity contribution in [1.29, 1.82) is 0 Å². The van der Waals surface area contributed by atoms with Crippen LogP contribution in [0.1, 0.15) is 150 Å². The minimum atomic E-state index is -4.07. The molecule has 0 bridgehead atoms. The molecule has 304 valence electrons. The van der Waals surface area contributed by atoms with Gasteiger partial charge in [0.15, 0.2) is 0 Å². The minimum absolute atomic E-state index is 0.0280. The van der Waals surface area contributed by atoms with Crippen LogP contribution in [0.15, 0.2) is 60.8 Å². The van der Waals surface area contributed by atoms with E-state index in [2.05, 4.69) is 93.8 Å². The van der Waals surface area contributed by atoms with Crippen LogP contribution in [0.4, 0.5) is 0 Å². The summed E-state index contributed by atoms with van der Waals surface area (Å²) in [5, 5.41) is 2.65. The molecule has 0 spiro atoms. The van der Waals surface area contributed by atoms with E-state index >= 15 is 0 Å². The predicted molar refractivity (Wildman–Crippen MR) is 221 cm³/mol. The first-order valence-electron chi connectivity index (χ1n) is 21.5. The summed E-state index contributed by atoms with van der Waals surface area (Å²) in [6.45, 7) is 9.52. The summed E-state index contributed by atoms with van der Waals surface area (Å²) < 4.78 is 37.0. The Kier molecular flexibility index (Phi) is 17.8. The van der Waals surface area contributed by atoms with Gasteiger partial charge in [0.2, 0.25) is 5.91 Å². The zero-order valence-electron chi connectivity index (χ0n) is 34.1. The van der Waals surface area contributed by atoms with Crippen molar-refractivity contribution in [3.05, 3.63) is 60.8 Å². The fourth-order valence-electron chi connectivity index (χ4n) is 11.2. The van der Waals surface area contributed by atoms with Crippen molar-refractivity contribution < 1.29 is 27.3 Å². The predicted octanol–water partition coefficient (Wildman–Crippen LogP) is 10.9. The molecule has 4 rings (SSSR count). The maximum Gasteiger partial charge on any atom is 0.306 e. The maximum absolute atomic E-state index is 12.8. The Morgan fingerprint density at radius 3 is 2.06 bits per heavy atom. The third-order valence-electron chi connectivity index (χ3n) is 14.1. The second-order valence-corrected chi connectivity index (χ2v) is 19.1. The number of fused-ring (bicyclic) bond motifs is 5. The summed E-state index contributed by atoms with van der Waals surface area (Å²) in [4.78, 5) is 25.2. The van der Waals surface area contributed by atoms with Crippen molar-refractivity contribution in [2.24, 2.45) is 46.3 Å². The number of carbonyl (C=O) groups is 2. The van der Waals surface area contributed by atoms with E-state index in [1.54, 1.807) is 0 Å². The molecule has 0 aliphatic heterocycles. The first-order valence-corrected chi connectivity index (χ1v) is 23.1. The van der Waals surface area contributed by atoms with Crippen molar-refractivity contribution in [2.45, 2.75) is 156 Å². The van der Waals surface area contributed by atoms with E-state index in [1.165, 1.54) is 38.5 Å². The van der Waals surface area contributed by atoms with Crippen LogP contribution in [-0.2, 0) is 24.4 Å². The number of carbonyl (C=O) groups excluding carboxylic acids is 2. The molecule has 54 heavy (non-hydrogen) atoms. The molecule has 4 aliphatic carbocycles. The van der Waals surface area contributed by atoms with Gasteiger partial charge in [-0.05, 0) is 155 Å². The van der Waals surface area contributed by atoms with Gasteiger partial charge < -0.3 is 10.1 Å². The molecule has 8 heteroatoms. The molecule has 0 aromatic carbocycles. The van der Waals surface area contributed by atoms with Gasteiger partial charge in [-0.15, -0.1) is 0 Å². The van der Waals surface area contributed by atoms with E-state index in [1.807, 2.05) is 0 Å². The van der Waals surface area contributed by atoms with Crippen LogP contribution in [0, 0.1) is 46.3 Å². The van der Waals surface area contributed by atoms with Gasteiger partial charge in [-0.1, -0.05) is 88.5 Å². The Labute approximate surface area is 328 Å². The number of ether oxygens (including phenoxy) is 1. The second-order valence-electron chi connectivity index (χ2n) is 17.5. The number of nitrogens with one attached hydrogen (secondary N) is 1. The summed E-state index contributed by atoms with van der Waals surface area (Å²) in [6, 6.07) is 0. The van der Waals surface area contributed by atoms with E-state index in [0.29, 0.717) is 41.4 Å². The number of hydrogen-bond donors (Lipinski definition) is 2. The Morgan fingerprint density at radius 1 is 0.796 bits per heavy atom. The highest BCUT2D eigenvalue weighted by Crippen LogP contribution is 2.68. The van der Waals surface area contributed by atoms with Gasteiger partial charge in [-0.25, -0.2) is 0 Å².